The Hall–Kier alpha value is -2.20. The summed E-state index contributed by atoms with van der Waals surface area (Å²) < 4.78 is 10.6. The monoisotopic (exact) mass is 317 g/mol. The molecule has 0 unspecified atom stereocenters. The van der Waals surface area contributed by atoms with Gasteiger partial charge in [0.1, 0.15) is 0 Å². The van der Waals surface area contributed by atoms with E-state index in [2.05, 4.69) is 5.32 Å². The van der Waals surface area contributed by atoms with Gasteiger partial charge in [-0.15, -0.1) is 0 Å². The summed E-state index contributed by atoms with van der Waals surface area (Å²) in [4.78, 5) is 11.9. The van der Waals surface area contributed by atoms with Crippen molar-refractivity contribution in [2.75, 3.05) is 6.79 Å². The molecule has 0 saturated carbocycles. The van der Waals surface area contributed by atoms with Gasteiger partial charge < -0.3 is 14.8 Å². The topological polar surface area (TPSA) is 47.6 Å². The molecule has 3 rings (SSSR count). The van der Waals surface area contributed by atoms with Gasteiger partial charge >= 0.3 is 0 Å². The van der Waals surface area contributed by atoms with Crippen LogP contribution in [0.1, 0.15) is 17.5 Å². The standard InChI is InChI=1S/C17H16ClNO3/c18-14-5-1-12(2-6-14)4-8-17(20)19-10-13-3-7-15-16(9-13)22-11-21-15/h1-3,5-7,9H,4,8,10-11H2,(H,19,20). The van der Waals surface area contributed by atoms with Crippen molar-refractivity contribution in [1.29, 1.82) is 0 Å². The lowest BCUT2D eigenvalue weighted by atomic mass is 10.1. The number of aryl methyl sites for hydroxylation is 1. The van der Waals surface area contributed by atoms with Crippen molar-refractivity contribution in [3.8, 4) is 11.5 Å². The molecule has 4 nitrogen and oxygen atoms in total. The number of fused-ring (bicyclic) bond motifs is 1. The van der Waals surface area contributed by atoms with Gasteiger partial charge in [0.2, 0.25) is 12.7 Å². The molecule has 0 radical (unpaired) electrons. The van der Waals surface area contributed by atoms with Crippen molar-refractivity contribution in [3.05, 3.63) is 58.6 Å². The fraction of sp³-hybridized carbons (Fsp3) is 0.235. The Bertz CT molecular complexity index is 670. The SMILES string of the molecule is O=C(CCc1ccc(Cl)cc1)NCc1ccc2c(c1)OCO2. The van der Waals surface area contributed by atoms with Gasteiger partial charge in [0.15, 0.2) is 11.5 Å². The molecule has 1 aliphatic heterocycles. The van der Waals surface area contributed by atoms with Gasteiger partial charge in [-0.2, -0.15) is 0 Å². The van der Waals surface area contributed by atoms with Crippen LogP contribution in [0.2, 0.25) is 5.02 Å². The average Bonchev–Trinajstić information content (AvgIpc) is 3.00. The summed E-state index contributed by atoms with van der Waals surface area (Å²) >= 11 is 5.83. The molecule has 0 spiro atoms. The summed E-state index contributed by atoms with van der Waals surface area (Å²) in [5.74, 6) is 1.50. The van der Waals surface area contributed by atoms with Crippen molar-refractivity contribution in [2.24, 2.45) is 0 Å². The number of carbonyl (C=O) groups is 1. The van der Waals surface area contributed by atoms with Gasteiger partial charge in [-0.25, -0.2) is 0 Å². The molecule has 0 bridgehead atoms. The summed E-state index contributed by atoms with van der Waals surface area (Å²) in [6.45, 7) is 0.738. The second-order valence-corrected chi connectivity index (χ2v) is 5.53. The van der Waals surface area contributed by atoms with Crippen LogP contribution in [0.25, 0.3) is 0 Å². The fourth-order valence-electron chi connectivity index (χ4n) is 2.25. The highest BCUT2D eigenvalue weighted by Crippen LogP contribution is 2.32. The lowest BCUT2D eigenvalue weighted by molar-refractivity contribution is -0.121. The van der Waals surface area contributed by atoms with Crippen molar-refractivity contribution in [1.82, 2.24) is 5.32 Å². The predicted molar refractivity (Wildman–Crippen MR) is 84.2 cm³/mol. The predicted octanol–water partition coefficient (Wildman–Crippen LogP) is 3.32. The highest BCUT2D eigenvalue weighted by Gasteiger charge is 2.13. The fourth-order valence-corrected chi connectivity index (χ4v) is 2.37. The van der Waals surface area contributed by atoms with E-state index in [0.717, 1.165) is 22.6 Å². The lowest BCUT2D eigenvalue weighted by Gasteiger charge is -2.06. The van der Waals surface area contributed by atoms with Crippen LogP contribution >= 0.6 is 11.6 Å². The van der Waals surface area contributed by atoms with E-state index >= 15 is 0 Å². The Morgan fingerprint density at radius 1 is 1.05 bits per heavy atom. The van der Waals surface area contributed by atoms with E-state index in [1.165, 1.54) is 0 Å². The number of nitrogens with one attached hydrogen (secondary N) is 1. The number of benzene rings is 2. The molecule has 0 saturated heterocycles. The number of hydrogen-bond acceptors (Lipinski definition) is 3. The van der Waals surface area contributed by atoms with Gasteiger partial charge in [-0.05, 0) is 41.8 Å². The second-order valence-electron chi connectivity index (χ2n) is 5.09. The van der Waals surface area contributed by atoms with E-state index in [-0.39, 0.29) is 12.7 Å². The first-order chi connectivity index (χ1) is 10.7. The van der Waals surface area contributed by atoms with E-state index in [0.29, 0.717) is 24.4 Å². The van der Waals surface area contributed by atoms with Crippen LogP contribution in [0.15, 0.2) is 42.5 Å². The highest BCUT2D eigenvalue weighted by atomic mass is 35.5. The quantitative estimate of drug-likeness (QED) is 0.920. The van der Waals surface area contributed by atoms with Crippen molar-refractivity contribution < 1.29 is 14.3 Å². The van der Waals surface area contributed by atoms with Crippen LogP contribution in [-0.2, 0) is 17.8 Å². The largest absolute Gasteiger partial charge is 0.454 e. The van der Waals surface area contributed by atoms with Gasteiger partial charge in [0.25, 0.3) is 0 Å². The molecule has 5 heteroatoms. The summed E-state index contributed by atoms with van der Waals surface area (Å²) in [6, 6.07) is 13.2. The smallest absolute Gasteiger partial charge is 0.231 e. The average molecular weight is 318 g/mol. The van der Waals surface area contributed by atoms with Gasteiger partial charge in [-0.3, -0.25) is 4.79 Å². The number of ether oxygens (including phenoxy) is 2. The second kappa shape index (κ2) is 6.71. The zero-order valence-corrected chi connectivity index (χ0v) is 12.7. The van der Waals surface area contributed by atoms with Crippen LogP contribution in [0, 0.1) is 0 Å². The first-order valence-corrected chi connectivity index (χ1v) is 7.48. The molecular weight excluding hydrogens is 302 g/mol. The van der Waals surface area contributed by atoms with Crippen molar-refractivity contribution in [2.45, 2.75) is 19.4 Å². The zero-order valence-electron chi connectivity index (χ0n) is 12.0. The molecule has 0 aliphatic carbocycles. The summed E-state index contributed by atoms with van der Waals surface area (Å²) in [5.41, 5.74) is 2.09. The normalized spacial score (nSPS) is 12.2. The molecule has 114 valence electrons. The third kappa shape index (κ3) is 3.71. The molecule has 1 aliphatic rings. The third-order valence-corrected chi connectivity index (χ3v) is 3.73. The Morgan fingerprint density at radius 2 is 1.77 bits per heavy atom. The van der Waals surface area contributed by atoms with Crippen LogP contribution in [0.3, 0.4) is 0 Å². The molecule has 2 aromatic carbocycles. The van der Waals surface area contributed by atoms with E-state index in [4.69, 9.17) is 21.1 Å². The molecule has 1 N–H and O–H groups in total. The Labute approximate surface area is 134 Å². The minimum atomic E-state index is 0.0209. The molecule has 0 fully saturated rings. The van der Waals surface area contributed by atoms with E-state index in [1.807, 2.05) is 42.5 Å². The van der Waals surface area contributed by atoms with Crippen LogP contribution in [-0.4, -0.2) is 12.7 Å². The summed E-state index contributed by atoms with van der Waals surface area (Å²) in [5, 5.41) is 3.62. The molecule has 2 aromatic rings. The molecule has 0 atom stereocenters. The summed E-state index contributed by atoms with van der Waals surface area (Å²) in [7, 11) is 0. The van der Waals surface area contributed by atoms with E-state index < -0.39 is 0 Å². The minimum absolute atomic E-state index is 0.0209. The van der Waals surface area contributed by atoms with E-state index in [9.17, 15) is 4.79 Å². The first-order valence-electron chi connectivity index (χ1n) is 7.10. The number of halogens is 1. The van der Waals surface area contributed by atoms with Crippen LogP contribution < -0.4 is 14.8 Å². The van der Waals surface area contributed by atoms with Gasteiger partial charge in [0.05, 0.1) is 0 Å². The highest BCUT2D eigenvalue weighted by molar-refractivity contribution is 6.30. The maximum atomic E-state index is 11.9. The lowest BCUT2D eigenvalue weighted by Crippen LogP contribution is -2.22. The van der Waals surface area contributed by atoms with Crippen molar-refractivity contribution >= 4 is 17.5 Å². The van der Waals surface area contributed by atoms with Gasteiger partial charge in [0, 0.05) is 18.0 Å². The molecule has 22 heavy (non-hydrogen) atoms. The molecular formula is C17H16ClNO3. The van der Waals surface area contributed by atoms with Crippen LogP contribution in [0.4, 0.5) is 0 Å². The maximum Gasteiger partial charge on any atom is 0.231 e. The number of amides is 1. The zero-order chi connectivity index (χ0) is 15.4. The molecule has 0 aromatic heterocycles. The Kier molecular flexibility index (Phi) is 4.49. The Morgan fingerprint density at radius 3 is 2.59 bits per heavy atom. The molecule has 1 heterocycles. The number of carbonyl (C=O) groups excluding carboxylic acids is 1. The minimum Gasteiger partial charge on any atom is -0.454 e. The number of rotatable bonds is 5. The third-order valence-electron chi connectivity index (χ3n) is 3.48. The van der Waals surface area contributed by atoms with E-state index in [1.54, 1.807) is 0 Å². The van der Waals surface area contributed by atoms with Crippen molar-refractivity contribution in [3.63, 3.8) is 0 Å². The first kappa shape index (κ1) is 14.7. The van der Waals surface area contributed by atoms with Crippen LogP contribution in [0.5, 0.6) is 11.5 Å². The van der Waals surface area contributed by atoms with Gasteiger partial charge in [-0.1, -0.05) is 29.8 Å². The number of hydrogen-bond donors (Lipinski definition) is 1. The molecule has 1 amide bonds. The maximum absolute atomic E-state index is 11.9. The summed E-state index contributed by atoms with van der Waals surface area (Å²) in [6.07, 6.45) is 1.15. The Balaban J connectivity index is 1.47.